The normalized spacial score (nSPS) is 13.0. The monoisotopic (exact) mass is 273 g/mol. The van der Waals surface area contributed by atoms with Crippen LogP contribution in [0.15, 0.2) is 37.1 Å². The van der Waals surface area contributed by atoms with Crippen LogP contribution in [0.2, 0.25) is 0 Å². The van der Waals surface area contributed by atoms with Gasteiger partial charge in [0.1, 0.15) is 12.1 Å². The summed E-state index contributed by atoms with van der Waals surface area (Å²) in [6.45, 7) is 5.78. The smallest absolute Gasteiger partial charge is 0.241 e. The molecule has 2 rings (SSSR count). The molecule has 3 N–H and O–H groups in total. The number of aromatic nitrogens is 3. The van der Waals surface area contributed by atoms with Crippen LogP contribution in [-0.2, 0) is 4.79 Å². The Morgan fingerprint density at radius 1 is 1.40 bits per heavy atom. The summed E-state index contributed by atoms with van der Waals surface area (Å²) in [5.74, 6) is 0.523. The third-order valence-corrected chi connectivity index (χ3v) is 3.00. The van der Waals surface area contributed by atoms with Crippen LogP contribution in [0.4, 0.5) is 5.69 Å². The molecule has 0 aliphatic rings. The molecule has 1 atom stereocenters. The van der Waals surface area contributed by atoms with Crippen molar-refractivity contribution >= 4 is 11.6 Å². The van der Waals surface area contributed by atoms with Crippen LogP contribution >= 0.6 is 0 Å². The minimum Gasteiger partial charge on any atom is -0.323 e. The Labute approximate surface area is 118 Å². The number of carbonyl (C=O) groups excluding carboxylic acids is 1. The van der Waals surface area contributed by atoms with Crippen molar-refractivity contribution in [1.82, 2.24) is 14.5 Å². The summed E-state index contributed by atoms with van der Waals surface area (Å²) in [7, 11) is 0. The highest BCUT2D eigenvalue weighted by atomic mass is 16.2. The van der Waals surface area contributed by atoms with Crippen molar-refractivity contribution in [2.75, 3.05) is 5.32 Å². The Bertz CT molecular complexity index is 569. The lowest BCUT2D eigenvalue weighted by Gasteiger charge is -2.25. The summed E-state index contributed by atoms with van der Waals surface area (Å²) in [5.41, 5.74) is 6.24. The standard InChI is InChI=1S/C14H19N5O/c1-14(2,3)12(15)13(20)18-10-4-5-11(17-8-10)19-7-6-16-9-19/h4-9,12H,15H2,1-3H3,(H,18,20). The van der Waals surface area contributed by atoms with E-state index in [2.05, 4.69) is 15.3 Å². The molecule has 2 aromatic rings. The first-order chi connectivity index (χ1) is 9.38. The number of imidazole rings is 1. The zero-order chi connectivity index (χ0) is 14.8. The molecule has 0 aliphatic heterocycles. The number of nitrogens with one attached hydrogen (secondary N) is 1. The van der Waals surface area contributed by atoms with Crippen LogP contribution in [-0.4, -0.2) is 26.5 Å². The van der Waals surface area contributed by atoms with E-state index < -0.39 is 6.04 Å². The van der Waals surface area contributed by atoms with Gasteiger partial charge in [0, 0.05) is 12.4 Å². The van der Waals surface area contributed by atoms with Crippen molar-refractivity contribution < 1.29 is 4.79 Å². The largest absolute Gasteiger partial charge is 0.323 e. The van der Waals surface area contributed by atoms with E-state index in [0.29, 0.717) is 5.69 Å². The third-order valence-electron chi connectivity index (χ3n) is 3.00. The maximum Gasteiger partial charge on any atom is 0.241 e. The van der Waals surface area contributed by atoms with Crippen molar-refractivity contribution in [2.24, 2.45) is 11.1 Å². The predicted octanol–water partition coefficient (Wildman–Crippen LogP) is 1.58. The Kier molecular flexibility index (Phi) is 3.85. The van der Waals surface area contributed by atoms with Gasteiger partial charge in [-0.1, -0.05) is 20.8 Å². The molecule has 1 amide bonds. The number of rotatable bonds is 3. The van der Waals surface area contributed by atoms with Gasteiger partial charge in [-0.15, -0.1) is 0 Å². The molecule has 0 bridgehead atoms. The third kappa shape index (κ3) is 3.21. The van der Waals surface area contributed by atoms with E-state index in [9.17, 15) is 4.79 Å². The fourth-order valence-corrected chi connectivity index (χ4v) is 1.62. The zero-order valence-corrected chi connectivity index (χ0v) is 11.9. The second kappa shape index (κ2) is 5.42. The van der Waals surface area contributed by atoms with E-state index in [1.165, 1.54) is 0 Å². The van der Waals surface area contributed by atoms with Crippen LogP contribution in [0.1, 0.15) is 20.8 Å². The highest BCUT2D eigenvalue weighted by Gasteiger charge is 2.27. The van der Waals surface area contributed by atoms with Crippen LogP contribution in [0.25, 0.3) is 5.82 Å². The first-order valence-corrected chi connectivity index (χ1v) is 6.39. The van der Waals surface area contributed by atoms with E-state index in [1.807, 2.05) is 20.8 Å². The highest BCUT2D eigenvalue weighted by molar-refractivity contribution is 5.95. The topological polar surface area (TPSA) is 85.8 Å². The second-order valence-electron chi connectivity index (χ2n) is 5.71. The Morgan fingerprint density at radius 2 is 2.15 bits per heavy atom. The SMILES string of the molecule is CC(C)(C)C(N)C(=O)Nc1ccc(-n2ccnc2)nc1. The minimum atomic E-state index is -0.573. The molecule has 6 nitrogen and oxygen atoms in total. The average Bonchev–Trinajstić information content (AvgIpc) is 2.91. The number of amides is 1. The molecular formula is C14H19N5O. The number of nitrogens with two attached hydrogens (primary N) is 1. The van der Waals surface area contributed by atoms with E-state index in [1.54, 1.807) is 41.6 Å². The molecule has 6 heteroatoms. The molecular weight excluding hydrogens is 254 g/mol. The molecule has 2 heterocycles. The van der Waals surface area contributed by atoms with Gasteiger partial charge in [0.25, 0.3) is 0 Å². The molecule has 20 heavy (non-hydrogen) atoms. The average molecular weight is 273 g/mol. The summed E-state index contributed by atoms with van der Waals surface area (Å²) in [5, 5.41) is 2.77. The van der Waals surface area contributed by atoms with E-state index >= 15 is 0 Å². The lowest BCUT2D eigenvalue weighted by molar-refractivity contribution is -0.119. The van der Waals surface area contributed by atoms with Gasteiger partial charge >= 0.3 is 0 Å². The van der Waals surface area contributed by atoms with Gasteiger partial charge in [0.05, 0.1) is 17.9 Å². The maximum atomic E-state index is 12.0. The van der Waals surface area contributed by atoms with Crippen LogP contribution in [0, 0.1) is 5.41 Å². The molecule has 0 aliphatic carbocycles. The highest BCUT2D eigenvalue weighted by Crippen LogP contribution is 2.19. The minimum absolute atomic E-state index is 0.213. The van der Waals surface area contributed by atoms with Crippen LogP contribution in [0.3, 0.4) is 0 Å². The van der Waals surface area contributed by atoms with E-state index in [0.717, 1.165) is 5.82 Å². The van der Waals surface area contributed by atoms with E-state index in [-0.39, 0.29) is 11.3 Å². The van der Waals surface area contributed by atoms with Crippen LogP contribution in [0.5, 0.6) is 0 Å². The quantitative estimate of drug-likeness (QED) is 0.889. The fraction of sp³-hybridized carbons (Fsp3) is 0.357. The fourth-order valence-electron chi connectivity index (χ4n) is 1.62. The van der Waals surface area contributed by atoms with Crippen molar-refractivity contribution in [3.63, 3.8) is 0 Å². The molecule has 1 unspecified atom stereocenters. The molecule has 0 saturated carbocycles. The first kappa shape index (κ1) is 14.2. The Balaban J connectivity index is 2.06. The first-order valence-electron chi connectivity index (χ1n) is 6.39. The van der Waals surface area contributed by atoms with Gasteiger partial charge in [-0.3, -0.25) is 9.36 Å². The molecule has 0 saturated heterocycles. The molecule has 106 valence electrons. The Hall–Kier alpha value is -2.21. The van der Waals surface area contributed by atoms with Gasteiger partial charge in [0.2, 0.25) is 5.91 Å². The predicted molar refractivity (Wildman–Crippen MR) is 77.4 cm³/mol. The summed E-state index contributed by atoms with van der Waals surface area (Å²) in [4.78, 5) is 20.2. The maximum absolute atomic E-state index is 12.0. The lowest BCUT2D eigenvalue weighted by atomic mass is 9.87. The molecule has 0 radical (unpaired) electrons. The molecule has 0 fully saturated rings. The Morgan fingerprint density at radius 3 is 2.65 bits per heavy atom. The van der Waals surface area contributed by atoms with Gasteiger partial charge in [-0.25, -0.2) is 9.97 Å². The second-order valence-corrected chi connectivity index (χ2v) is 5.71. The number of hydrogen-bond acceptors (Lipinski definition) is 4. The number of nitrogens with zero attached hydrogens (tertiary/aromatic N) is 3. The van der Waals surface area contributed by atoms with Gasteiger partial charge < -0.3 is 11.1 Å². The zero-order valence-electron chi connectivity index (χ0n) is 11.9. The molecule has 0 spiro atoms. The summed E-state index contributed by atoms with van der Waals surface area (Å²) in [6.07, 6.45) is 6.74. The van der Waals surface area contributed by atoms with Gasteiger partial charge in [0.15, 0.2) is 0 Å². The van der Waals surface area contributed by atoms with Crippen molar-refractivity contribution in [1.29, 1.82) is 0 Å². The number of anilines is 1. The number of pyridine rings is 1. The summed E-state index contributed by atoms with van der Waals surface area (Å²) < 4.78 is 1.78. The van der Waals surface area contributed by atoms with Crippen LogP contribution < -0.4 is 11.1 Å². The summed E-state index contributed by atoms with van der Waals surface area (Å²) >= 11 is 0. The van der Waals surface area contributed by atoms with Crippen molar-refractivity contribution in [3.05, 3.63) is 37.1 Å². The lowest BCUT2D eigenvalue weighted by Crippen LogP contribution is -2.45. The number of carbonyl (C=O) groups is 1. The van der Waals surface area contributed by atoms with E-state index in [4.69, 9.17) is 5.73 Å². The molecule has 2 aromatic heterocycles. The van der Waals surface area contributed by atoms with Gasteiger partial charge in [-0.2, -0.15) is 0 Å². The molecule has 0 aromatic carbocycles. The van der Waals surface area contributed by atoms with Crippen molar-refractivity contribution in [3.8, 4) is 5.82 Å². The number of hydrogen-bond donors (Lipinski definition) is 2. The summed E-state index contributed by atoms with van der Waals surface area (Å²) in [6, 6.07) is 3.02. The van der Waals surface area contributed by atoms with Gasteiger partial charge in [-0.05, 0) is 17.5 Å². The van der Waals surface area contributed by atoms with Crippen molar-refractivity contribution in [2.45, 2.75) is 26.8 Å².